The fraction of sp³-hybridized carbons (Fsp3) is 0.250. The first kappa shape index (κ1) is 22.0. The van der Waals surface area contributed by atoms with Gasteiger partial charge in [0.2, 0.25) is 0 Å². The lowest BCUT2D eigenvalue weighted by Gasteiger charge is -2.19. The van der Waals surface area contributed by atoms with Crippen LogP contribution in [0.5, 0.6) is 17.2 Å². The normalized spacial score (nSPS) is 12.0. The van der Waals surface area contributed by atoms with Crippen molar-refractivity contribution >= 4 is 11.6 Å². The lowest BCUT2D eigenvalue weighted by molar-refractivity contribution is -0.274. The second-order valence-electron chi connectivity index (χ2n) is 7.90. The van der Waals surface area contributed by atoms with Crippen LogP contribution in [0, 0.1) is 0 Å². The Hall–Kier alpha value is -2.66. The number of hydrogen-bond acceptors (Lipinski definition) is 2. The van der Waals surface area contributed by atoms with Gasteiger partial charge in [-0.05, 0) is 52.4 Å². The van der Waals surface area contributed by atoms with Gasteiger partial charge in [0.05, 0.1) is 5.88 Å². The Morgan fingerprint density at radius 1 is 0.767 bits per heavy atom. The Bertz CT molecular complexity index is 989. The molecule has 3 rings (SSSR count). The van der Waals surface area contributed by atoms with Gasteiger partial charge < -0.3 is 9.47 Å². The molecule has 0 saturated heterocycles. The van der Waals surface area contributed by atoms with Crippen LogP contribution in [0.1, 0.15) is 31.9 Å². The quantitative estimate of drug-likeness (QED) is 0.378. The number of alkyl halides is 4. The maximum Gasteiger partial charge on any atom is 0.573 e. The van der Waals surface area contributed by atoms with Crippen molar-refractivity contribution in [3.8, 4) is 28.4 Å². The van der Waals surface area contributed by atoms with E-state index in [4.69, 9.17) is 16.3 Å². The largest absolute Gasteiger partial charge is 0.573 e. The van der Waals surface area contributed by atoms with Gasteiger partial charge in [0.25, 0.3) is 0 Å². The van der Waals surface area contributed by atoms with Crippen molar-refractivity contribution in [2.45, 2.75) is 38.4 Å². The Kier molecular flexibility index (Phi) is 6.32. The Morgan fingerprint density at radius 3 is 1.87 bits per heavy atom. The highest BCUT2D eigenvalue weighted by Crippen LogP contribution is 2.34. The minimum atomic E-state index is -4.72. The van der Waals surface area contributed by atoms with Gasteiger partial charge in [0.1, 0.15) is 17.2 Å². The molecule has 2 nitrogen and oxygen atoms in total. The SMILES string of the molecule is CC(C)(C)c1ccc(Oc2cc(-c3ccc(OC(F)(F)F)cc3)ccc2CCl)cc1. The van der Waals surface area contributed by atoms with Gasteiger partial charge in [-0.15, -0.1) is 24.8 Å². The highest BCUT2D eigenvalue weighted by molar-refractivity contribution is 6.17. The van der Waals surface area contributed by atoms with Gasteiger partial charge in [-0.1, -0.05) is 57.2 Å². The van der Waals surface area contributed by atoms with E-state index >= 15 is 0 Å². The predicted octanol–water partition coefficient (Wildman–Crippen LogP) is 8.08. The zero-order valence-electron chi connectivity index (χ0n) is 16.9. The van der Waals surface area contributed by atoms with Gasteiger partial charge in [-0.3, -0.25) is 0 Å². The zero-order chi connectivity index (χ0) is 21.9. The molecule has 0 amide bonds. The second kappa shape index (κ2) is 8.60. The molecule has 0 spiro atoms. The number of ether oxygens (including phenoxy) is 2. The average Bonchev–Trinajstić information content (AvgIpc) is 2.67. The van der Waals surface area contributed by atoms with E-state index in [1.807, 2.05) is 42.5 Å². The summed E-state index contributed by atoms with van der Waals surface area (Å²) in [4.78, 5) is 0. The van der Waals surface area contributed by atoms with Gasteiger partial charge in [-0.2, -0.15) is 0 Å². The molecule has 0 N–H and O–H groups in total. The summed E-state index contributed by atoms with van der Waals surface area (Å²) >= 11 is 6.06. The molecule has 0 saturated carbocycles. The van der Waals surface area contributed by atoms with Gasteiger partial charge >= 0.3 is 6.36 Å². The summed E-state index contributed by atoms with van der Waals surface area (Å²) in [5.74, 6) is 1.29. The van der Waals surface area contributed by atoms with Crippen molar-refractivity contribution in [2.24, 2.45) is 0 Å². The fourth-order valence-electron chi connectivity index (χ4n) is 2.94. The van der Waals surface area contributed by atoms with Crippen LogP contribution in [0.25, 0.3) is 11.1 Å². The van der Waals surface area contributed by atoms with Crippen LogP contribution in [-0.4, -0.2) is 6.36 Å². The van der Waals surface area contributed by atoms with E-state index in [9.17, 15) is 13.2 Å². The van der Waals surface area contributed by atoms with E-state index in [2.05, 4.69) is 25.5 Å². The monoisotopic (exact) mass is 434 g/mol. The third-order valence-corrected chi connectivity index (χ3v) is 4.87. The highest BCUT2D eigenvalue weighted by Gasteiger charge is 2.31. The van der Waals surface area contributed by atoms with E-state index in [1.165, 1.54) is 17.7 Å². The Labute approximate surface area is 179 Å². The molecule has 0 atom stereocenters. The van der Waals surface area contributed by atoms with E-state index in [1.54, 1.807) is 12.1 Å². The third kappa shape index (κ3) is 5.70. The van der Waals surface area contributed by atoms with Gasteiger partial charge in [0.15, 0.2) is 0 Å². The fourth-order valence-corrected chi connectivity index (χ4v) is 3.16. The lowest BCUT2D eigenvalue weighted by atomic mass is 9.87. The van der Waals surface area contributed by atoms with Crippen LogP contribution >= 0.6 is 11.6 Å². The molecule has 3 aromatic carbocycles. The van der Waals surface area contributed by atoms with E-state index in [-0.39, 0.29) is 17.0 Å². The maximum absolute atomic E-state index is 12.3. The molecule has 0 heterocycles. The molecular formula is C24H22ClF3O2. The molecule has 0 aliphatic heterocycles. The zero-order valence-corrected chi connectivity index (χ0v) is 17.6. The van der Waals surface area contributed by atoms with Gasteiger partial charge in [0, 0.05) is 5.56 Å². The van der Waals surface area contributed by atoms with Crippen molar-refractivity contribution in [3.63, 3.8) is 0 Å². The summed E-state index contributed by atoms with van der Waals surface area (Å²) < 4.78 is 47.0. The molecule has 0 radical (unpaired) electrons. The van der Waals surface area contributed by atoms with Crippen molar-refractivity contribution < 1.29 is 22.6 Å². The molecular weight excluding hydrogens is 413 g/mol. The molecule has 3 aromatic rings. The minimum absolute atomic E-state index is 0.0434. The van der Waals surface area contributed by atoms with Crippen molar-refractivity contribution in [3.05, 3.63) is 77.9 Å². The van der Waals surface area contributed by atoms with Gasteiger partial charge in [-0.25, -0.2) is 0 Å². The lowest BCUT2D eigenvalue weighted by Crippen LogP contribution is -2.16. The molecule has 0 aliphatic rings. The van der Waals surface area contributed by atoms with Crippen LogP contribution in [0.4, 0.5) is 13.2 Å². The van der Waals surface area contributed by atoms with Crippen molar-refractivity contribution in [2.75, 3.05) is 0 Å². The van der Waals surface area contributed by atoms with Crippen LogP contribution in [0.3, 0.4) is 0 Å². The summed E-state index contributed by atoms with van der Waals surface area (Å²) in [6.07, 6.45) is -4.72. The Morgan fingerprint density at radius 2 is 1.33 bits per heavy atom. The molecule has 158 valence electrons. The smallest absolute Gasteiger partial charge is 0.457 e. The van der Waals surface area contributed by atoms with Crippen LogP contribution in [0.15, 0.2) is 66.7 Å². The molecule has 0 unspecified atom stereocenters. The number of rotatable bonds is 5. The summed E-state index contributed by atoms with van der Waals surface area (Å²) in [6.45, 7) is 6.43. The molecule has 0 aromatic heterocycles. The van der Waals surface area contributed by atoms with Crippen LogP contribution in [-0.2, 0) is 11.3 Å². The predicted molar refractivity (Wildman–Crippen MR) is 113 cm³/mol. The number of benzene rings is 3. The molecule has 30 heavy (non-hydrogen) atoms. The minimum Gasteiger partial charge on any atom is -0.457 e. The molecule has 0 fully saturated rings. The first-order chi connectivity index (χ1) is 14.0. The first-order valence-electron chi connectivity index (χ1n) is 9.39. The van der Waals surface area contributed by atoms with Crippen molar-refractivity contribution in [1.82, 2.24) is 0 Å². The Balaban J connectivity index is 1.85. The summed E-state index contributed by atoms with van der Waals surface area (Å²) in [5, 5.41) is 0. The summed E-state index contributed by atoms with van der Waals surface area (Å²) in [6, 6.07) is 19.1. The molecule has 0 aliphatic carbocycles. The van der Waals surface area contributed by atoms with Crippen molar-refractivity contribution in [1.29, 1.82) is 0 Å². The second-order valence-corrected chi connectivity index (χ2v) is 8.17. The number of halogens is 4. The maximum atomic E-state index is 12.3. The number of hydrogen-bond donors (Lipinski definition) is 0. The molecule has 6 heteroatoms. The summed E-state index contributed by atoms with van der Waals surface area (Å²) in [7, 11) is 0. The first-order valence-corrected chi connectivity index (χ1v) is 9.92. The topological polar surface area (TPSA) is 18.5 Å². The average molecular weight is 435 g/mol. The van der Waals surface area contributed by atoms with E-state index in [0.717, 1.165) is 16.7 Å². The summed E-state index contributed by atoms with van der Waals surface area (Å²) in [5.41, 5.74) is 3.59. The van der Waals surface area contributed by atoms with E-state index < -0.39 is 6.36 Å². The standard InChI is InChI=1S/C24H22ClF3O2/c1-23(2,3)19-8-12-20(13-9-19)29-22-14-17(4-5-18(22)15-25)16-6-10-21(11-7-16)30-24(26,27)28/h4-14H,15H2,1-3H3. The highest BCUT2D eigenvalue weighted by atomic mass is 35.5. The van der Waals surface area contributed by atoms with Crippen LogP contribution in [0.2, 0.25) is 0 Å². The van der Waals surface area contributed by atoms with Crippen LogP contribution < -0.4 is 9.47 Å². The third-order valence-electron chi connectivity index (χ3n) is 4.58. The van der Waals surface area contributed by atoms with E-state index in [0.29, 0.717) is 11.5 Å². The molecule has 0 bridgehead atoms.